The highest BCUT2D eigenvalue weighted by Crippen LogP contribution is 2.39. The zero-order valence-electron chi connectivity index (χ0n) is 20.2. The number of carbonyl (C=O) groups excluding carboxylic acids is 1. The van der Waals surface area contributed by atoms with E-state index >= 15 is 0 Å². The van der Waals surface area contributed by atoms with Crippen molar-refractivity contribution in [1.82, 2.24) is 20.9 Å². The molecule has 2 fully saturated rings. The topological polar surface area (TPSA) is 80.2 Å². The van der Waals surface area contributed by atoms with Gasteiger partial charge < -0.3 is 20.9 Å². The third-order valence-electron chi connectivity index (χ3n) is 7.00. The van der Waals surface area contributed by atoms with Gasteiger partial charge in [0.15, 0.2) is 0 Å². The third kappa shape index (κ3) is 7.79. The predicted molar refractivity (Wildman–Crippen MR) is 124 cm³/mol. The molecule has 3 N–H and O–H groups in total. The quantitative estimate of drug-likeness (QED) is 0.344. The van der Waals surface area contributed by atoms with Gasteiger partial charge >= 0.3 is 6.18 Å². The molecule has 7 atom stereocenters. The molecule has 2 aliphatic rings. The van der Waals surface area contributed by atoms with E-state index in [9.17, 15) is 22.4 Å². The number of amides is 1. The molecule has 192 valence electrons. The largest absolute Gasteiger partial charge is 0.413 e. The molecule has 0 radical (unpaired) electrons. The molecule has 6 nitrogen and oxygen atoms in total. The molecule has 0 bridgehead atoms. The van der Waals surface area contributed by atoms with Crippen molar-refractivity contribution in [3.8, 4) is 6.07 Å². The Morgan fingerprint density at radius 3 is 2.71 bits per heavy atom. The first-order valence-electron chi connectivity index (χ1n) is 11.9. The van der Waals surface area contributed by atoms with E-state index in [-0.39, 0.29) is 42.9 Å². The summed E-state index contributed by atoms with van der Waals surface area (Å²) in [7, 11) is 1.87. The Hall–Kier alpha value is -1.96. The summed E-state index contributed by atoms with van der Waals surface area (Å²) >= 11 is 0. The van der Waals surface area contributed by atoms with E-state index in [4.69, 9.17) is 5.26 Å². The summed E-state index contributed by atoms with van der Waals surface area (Å²) in [4.78, 5) is 13.4. The summed E-state index contributed by atoms with van der Waals surface area (Å²) in [5, 5.41) is 17.6. The minimum Gasteiger partial charge on any atom is -0.352 e. The average molecular weight is 488 g/mol. The van der Waals surface area contributed by atoms with Crippen LogP contribution >= 0.6 is 0 Å². The van der Waals surface area contributed by atoms with E-state index < -0.39 is 29.9 Å². The molecule has 2 heterocycles. The Morgan fingerprint density at radius 2 is 2.12 bits per heavy atom. The number of nitriles is 1. The van der Waals surface area contributed by atoms with Crippen molar-refractivity contribution < 1.29 is 22.4 Å². The lowest BCUT2D eigenvalue weighted by Gasteiger charge is -2.47. The summed E-state index contributed by atoms with van der Waals surface area (Å²) in [6.07, 6.45) is -0.638. The second-order valence-electron chi connectivity index (χ2n) is 9.44. The number of likely N-dealkylation sites (tertiary alicyclic amines) is 1. The Kier molecular flexibility index (Phi) is 10.5. The molecule has 2 saturated heterocycles. The first kappa shape index (κ1) is 28.3. The van der Waals surface area contributed by atoms with Gasteiger partial charge in [0.05, 0.1) is 6.07 Å². The predicted octanol–water partition coefficient (Wildman–Crippen LogP) is 3.08. The molecule has 1 amide bonds. The molecule has 0 spiro atoms. The number of nitrogens with one attached hydrogen (secondary N) is 3. The second kappa shape index (κ2) is 12.7. The highest BCUT2D eigenvalue weighted by molar-refractivity contribution is 5.78. The van der Waals surface area contributed by atoms with Crippen LogP contribution in [0.15, 0.2) is 24.3 Å². The lowest BCUT2D eigenvalue weighted by Crippen LogP contribution is -2.59. The van der Waals surface area contributed by atoms with E-state index in [1.165, 1.54) is 0 Å². The van der Waals surface area contributed by atoms with Crippen LogP contribution in [0.2, 0.25) is 0 Å². The second-order valence-corrected chi connectivity index (χ2v) is 9.44. The summed E-state index contributed by atoms with van der Waals surface area (Å²) in [5.74, 6) is -0.862. The molecule has 10 heteroatoms. The number of nitrogens with zero attached hydrogens (tertiary/aromatic N) is 2. The minimum atomic E-state index is -4.53. The van der Waals surface area contributed by atoms with Crippen LogP contribution in [0.3, 0.4) is 0 Å². The van der Waals surface area contributed by atoms with Crippen molar-refractivity contribution in [3.63, 3.8) is 0 Å². The fourth-order valence-corrected chi connectivity index (χ4v) is 5.17. The minimum absolute atomic E-state index is 0.134. The smallest absolute Gasteiger partial charge is 0.352 e. The van der Waals surface area contributed by atoms with Crippen LogP contribution in [-0.2, 0) is 4.79 Å². The normalized spacial score (nSPS) is 31.7. The highest BCUT2D eigenvalue weighted by atomic mass is 19.4. The van der Waals surface area contributed by atoms with E-state index in [1.807, 2.05) is 25.8 Å². The zero-order chi connectivity index (χ0) is 25.5. The van der Waals surface area contributed by atoms with Gasteiger partial charge in [-0.1, -0.05) is 32.1 Å². The van der Waals surface area contributed by atoms with Gasteiger partial charge in [0.1, 0.15) is 12.6 Å². The standard InChI is InChI=1S/C24H37F4N5O/c1-5-18-19(16(3)31-21-9-12-33(4)14-20(21)25)13-17(7-6-11-30-22(34)8-10-29)32-23(18)15(2)24(26,27)28/h6-7,16-21,23,31-32H,2,5,8-9,11-14H2,1,3-4H3,(H,30,34)/b7-6+. The summed E-state index contributed by atoms with van der Waals surface area (Å²) < 4.78 is 55.5. The Morgan fingerprint density at radius 1 is 1.41 bits per heavy atom. The third-order valence-corrected chi connectivity index (χ3v) is 7.00. The number of rotatable bonds is 9. The first-order valence-corrected chi connectivity index (χ1v) is 11.9. The Balaban J connectivity index is 2.17. The molecule has 34 heavy (non-hydrogen) atoms. The van der Waals surface area contributed by atoms with E-state index in [1.54, 1.807) is 18.2 Å². The van der Waals surface area contributed by atoms with E-state index in [0.717, 1.165) is 6.54 Å². The van der Waals surface area contributed by atoms with Crippen molar-refractivity contribution in [2.45, 2.75) is 76.0 Å². The van der Waals surface area contributed by atoms with Crippen LogP contribution in [0, 0.1) is 23.2 Å². The molecule has 2 rings (SSSR count). The lowest BCUT2D eigenvalue weighted by atomic mass is 9.71. The highest BCUT2D eigenvalue weighted by Gasteiger charge is 2.46. The van der Waals surface area contributed by atoms with Crippen LogP contribution < -0.4 is 16.0 Å². The summed E-state index contributed by atoms with van der Waals surface area (Å²) in [6, 6.07) is -0.0870. The van der Waals surface area contributed by atoms with Crippen LogP contribution in [-0.4, -0.2) is 74.0 Å². The number of carbonyl (C=O) groups is 1. The Bertz CT molecular complexity index is 765. The SMILES string of the molecule is C=C(C1NC(/C=C/CNC(=O)CC#N)CC(C(C)NC2CCN(C)CC2F)C1CC)C(F)(F)F. The number of hydrogen-bond acceptors (Lipinski definition) is 5. The van der Waals surface area contributed by atoms with E-state index in [2.05, 4.69) is 22.5 Å². The molecule has 7 unspecified atom stereocenters. The summed E-state index contributed by atoms with van der Waals surface area (Å²) in [6.45, 7) is 8.45. The van der Waals surface area contributed by atoms with Gasteiger partial charge in [0.25, 0.3) is 0 Å². The molecule has 0 aromatic carbocycles. The van der Waals surface area contributed by atoms with Crippen molar-refractivity contribution in [2.24, 2.45) is 11.8 Å². The van der Waals surface area contributed by atoms with Gasteiger partial charge in [-0.05, 0) is 45.2 Å². The maximum absolute atomic E-state index is 14.6. The average Bonchev–Trinajstić information content (AvgIpc) is 2.77. The van der Waals surface area contributed by atoms with Gasteiger partial charge in [-0.25, -0.2) is 4.39 Å². The molecular weight excluding hydrogens is 450 g/mol. The number of alkyl halides is 4. The van der Waals surface area contributed by atoms with Gasteiger partial charge in [-0.15, -0.1) is 0 Å². The fraction of sp³-hybridized carbons (Fsp3) is 0.750. The molecule has 0 aromatic rings. The van der Waals surface area contributed by atoms with Crippen molar-refractivity contribution in [3.05, 3.63) is 24.3 Å². The molecule has 2 aliphatic heterocycles. The van der Waals surface area contributed by atoms with Gasteiger partial charge in [-0.3, -0.25) is 4.79 Å². The first-order chi connectivity index (χ1) is 16.0. The zero-order valence-corrected chi connectivity index (χ0v) is 20.2. The Labute approximate surface area is 199 Å². The lowest BCUT2D eigenvalue weighted by molar-refractivity contribution is -0.119. The van der Waals surface area contributed by atoms with Crippen molar-refractivity contribution >= 4 is 5.91 Å². The van der Waals surface area contributed by atoms with Crippen molar-refractivity contribution in [1.29, 1.82) is 5.26 Å². The molecule has 0 aromatic heterocycles. The van der Waals surface area contributed by atoms with Crippen molar-refractivity contribution in [2.75, 3.05) is 26.7 Å². The van der Waals surface area contributed by atoms with Crippen LogP contribution in [0.5, 0.6) is 0 Å². The fourth-order valence-electron chi connectivity index (χ4n) is 5.17. The molecular formula is C24H37F4N5O. The van der Waals surface area contributed by atoms with E-state index in [0.29, 0.717) is 25.8 Å². The maximum Gasteiger partial charge on any atom is 0.413 e. The molecule has 0 saturated carbocycles. The number of halogens is 4. The molecule has 0 aliphatic carbocycles. The van der Waals surface area contributed by atoms with Gasteiger partial charge in [0.2, 0.25) is 5.91 Å². The van der Waals surface area contributed by atoms with Gasteiger partial charge in [-0.2, -0.15) is 18.4 Å². The monoisotopic (exact) mass is 487 g/mol. The van der Waals surface area contributed by atoms with Crippen LogP contribution in [0.25, 0.3) is 0 Å². The number of hydrogen-bond donors (Lipinski definition) is 3. The van der Waals surface area contributed by atoms with Crippen LogP contribution in [0.1, 0.15) is 39.5 Å². The maximum atomic E-state index is 14.6. The van der Waals surface area contributed by atoms with Gasteiger partial charge in [0, 0.05) is 42.8 Å². The summed E-state index contributed by atoms with van der Waals surface area (Å²) in [5.41, 5.74) is -0.806. The number of piperidine rings is 2. The van der Waals surface area contributed by atoms with Crippen LogP contribution in [0.4, 0.5) is 17.6 Å².